The molecule has 0 unspecified atom stereocenters. The first-order valence-electron chi connectivity index (χ1n) is 9.27. The minimum Gasteiger partial charge on any atom is -0.496 e. The van der Waals surface area contributed by atoms with Gasteiger partial charge in [0.1, 0.15) is 11.4 Å². The van der Waals surface area contributed by atoms with E-state index in [0.29, 0.717) is 29.5 Å². The van der Waals surface area contributed by atoms with Gasteiger partial charge in [-0.25, -0.2) is 0 Å². The van der Waals surface area contributed by atoms with Crippen LogP contribution in [0.1, 0.15) is 28.8 Å². The van der Waals surface area contributed by atoms with Crippen LogP contribution in [0.15, 0.2) is 60.8 Å². The molecule has 27 heavy (non-hydrogen) atoms. The number of benzene rings is 2. The van der Waals surface area contributed by atoms with Crippen molar-refractivity contribution in [1.82, 2.24) is 15.1 Å². The van der Waals surface area contributed by atoms with Gasteiger partial charge in [-0.1, -0.05) is 42.5 Å². The highest BCUT2D eigenvalue weighted by Crippen LogP contribution is 2.32. The third kappa shape index (κ3) is 4.03. The first-order valence-corrected chi connectivity index (χ1v) is 9.27. The molecule has 2 aromatic carbocycles. The third-order valence-electron chi connectivity index (χ3n) is 4.80. The molecule has 0 atom stereocenters. The van der Waals surface area contributed by atoms with Crippen LogP contribution in [0, 0.1) is 5.92 Å². The van der Waals surface area contributed by atoms with Crippen molar-refractivity contribution in [3.05, 3.63) is 71.9 Å². The standard InChI is InChI=1S/C22H23N3O2/c1-27-20-10-6-5-9-18(20)21-19(22(26)23-13-16-11-12-16)15-25(24-21)14-17-7-3-2-4-8-17/h2-10,15-16H,11-14H2,1H3,(H,23,26). The predicted molar refractivity (Wildman–Crippen MR) is 105 cm³/mol. The minimum absolute atomic E-state index is 0.0814. The Morgan fingerprint density at radius 1 is 1.15 bits per heavy atom. The molecule has 1 N–H and O–H groups in total. The summed E-state index contributed by atoms with van der Waals surface area (Å²) in [6, 6.07) is 17.8. The van der Waals surface area contributed by atoms with E-state index in [0.717, 1.165) is 17.7 Å². The number of para-hydroxylation sites is 1. The Bertz CT molecular complexity index is 930. The maximum absolute atomic E-state index is 12.8. The Morgan fingerprint density at radius 3 is 2.63 bits per heavy atom. The highest BCUT2D eigenvalue weighted by Gasteiger charge is 2.24. The highest BCUT2D eigenvalue weighted by atomic mass is 16.5. The number of methoxy groups -OCH3 is 1. The highest BCUT2D eigenvalue weighted by molar-refractivity contribution is 6.00. The van der Waals surface area contributed by atoms with E-state index in [9.17, 15) is 4.79 Å². The molecule has 1 saturated carbocycles. The van der Waals surface area contributed by atoms with Gasteiger partial charge in [0, 0.05) is 18.3 Å². The van der Waals surface area contributed by atoms with Crippen LogP contribution in [-0.2, 0) is 6.54 Å². The van der Waals surface area contributed by atoms with Crippen LogP contribution in [-0.4, -0.2) is 29.3 Å². The molecule has 1 aliphatic carbocycles. The molecule has 1 aliphatic rings. The summed E-state index contributed by atoms with van der Waals surface area (Å²) in [6.07, 6.45) is 4.23. The number of amides is 1. The normalized spacial score (nSPS) is 13.4. The Balaban J connectivity index is 1.69. The lowest BCUT2D eigenvalue weighted by Crippen LogP contribution is -2.25. The van der Waals surface area contributed by atoms with Gasteiger partial charge in [-0.15, -0.1) is 0 Å². The number of nitrogens with one attached hydrogen (secondary N) is 1. The lowest BCUT2D eigenvalue weighted by Gasteiger charge is -2.08. The molecule has 0 radical (unpaired) electrons. The summed E-state index contributed by atoms with van der Waals surface area (Å²) in [5.74, 6) is 1.25. The lowest BCUT2D eigenvalue weighted by atomic mass is 10.1. The van der Waals surface area contributed by atoms with E-state index in [-0.39, 0.29) is 5.91 Å². The molecule has 1 amide bonds. The van der Waals surface area contributed by atoms with E-state index in [1.54, 1.807) is 7.11 Å². The van der Waals surface area contributed by atoms with Gasteiger partial charge in [-0.3, -0.25) is 9.48 Å². The van der Waals surface area contributed by atoms with E-state index in [1.807, 2.05) is 53.3 Å². The van der Waals surface area contributed by atoms with Crippen LogP contribution in [0.4, 0.5) is 0 Å². The van der Waals surface area contributed by atoms with Crippen LogP contribution in [0.5, 0.6) is 5.75 Å². The Hall–Kier alpha value is -3.08. The van der Waals surface area contributed by atoms with Crippen molar-refractivity contribution in [3.8, 4) is 17.0 Å². The second kappa shape index (κ2) is 7.66. The molecule has 4 rings (SSSR count). The maximum atomic E-state index is 12.8. The van der Waals surface area contributed by atoms with Gasteiger partial charge < -0.3 is 10.1 Å². The smallest absolute Gasteiger partial charge is 0.255 e. The van der Waals surface area contributed by atoms with Gasteiger partial charge in [0.2, 0.25) is 0 Å². The number of aromatic nitrogens is 2. The fourth-order valence-corrected chi connectivity index (χ4v) is 3.13. The predicted octanol–water partition coefficient (Wildman–Crippen LogP) is 3.75. The summed E-state index contributed by atoms with van der Waals surface area (Å²) < 4.78 is 7.31. The fraction of sp³-hybridized carbons (Fsp3) is 0.273. The first kappa shape index (κ1) is 17.3. The maximum Gasteiger partial charge on any atom is 0.255 e. The monoisotopic (exact) mass is 361 g/mol. The number of carbonyl (C=O) groups is 1. The average Bonchev–Trinajstić information content (AvgIpc) is 3.45. The summed E-state index contributed by atoms with van der Waals surface area (Å²) in [4.78, 5) is 12.8. The van der Waals surface area contributed by atoms with E-state index in [4.69, 9.17) is 9.84 Å². The van der Waals surface area contributed by atoms with Crippen LogP contribution in [0.2, 0.25) is 0 Å². The zero-order chi connectivity index (χ0) is 18.6. The lowest BCUT2D eigenvalue weighted by molar-refractivity contribution is 0.0952. The van der Waals surface area contributed by atoms with E-state index >= 15 is 0 Å². The van der Waals surface area contributed by atoms with Gasteiger partial charge in [0.05, 0.1) is 19.2 Å². The Kier molecular flexibility index (Phi) is 4.92. The molecule has 138 valence electrons. The quantitative estimate of drug-likeness (QED) is 0.697. The third-order valence-corrected chi connectivity index (χ3v) is 4.80. The second-order valence-corrected chi connectivity index (χ2v) is 6.93. The molecule has 3 aromatic rings. The Morgan fingerprint density at radius 2 is 1.89 bits per heavy atom. The summed E-state index contributed by atoms with van der Waals surface area (Å²) in [5.41, 5.74) is 3.19. The van der Waals surface area contributed by atoms with E-state index in [1.165, 1.54) is 12.8 Å². The molecule has 1 aromatic heterocycles. The largest absolute Gasteiger partial charge is 0.496 e. The van der Waals surface area contributed by atoms with Gasteiger partial charge in [-0.2, -0.15) is 5.10 Å². The molecule has 0 spiro atoms. The van der Waals surface area contributed by atoms with E-state index in [2.05, 4.69) is 17.4 Å². The summed E-state index contributed by atoms with van der Waals surface area (Å²) in [5, 5.41) is 7.78. The van der Waals surface area contributed by atoms with Crippen LogP contribution in [0.3, 0.4) is 0 Å². The fourth-order valence-electron chi connectivity index (χ4n) is 3.13. The van der Waals surface area contributed by atoms with Crippen molar-refractivity contribution >= 4 is 5.91 Å². The second-order valence-electron chi connectivity index (χ2n) is 6.93. The number of carbonyl (C=O) groups excluding carboxylic acids is 1. The van der Waals surface area contributed by atoms with Gasteiger partial charge in [0.15, 0.2) is 0 Å². The summed E-state index contributed by atoms with van der Waals surface area (Å²) in [7, 11) is 1.63. The molecule has 1 fully saturated rings. The molecular formula is C22H23N3O2. The zero-order valence-electron chi connectivity index (χ0n) is 15.4. The van der Waals surface area contributed by atoms with E-state index < -0.39 is 0 Å². The average molecular weight is 361 g/mol. The summed E-state index contributed by atoms with van der Waals surface area (Å²) in [6.45, 7) is 1.34. The number of hydrogen-bond donors (Lipinski definition) is 1. The zero-order valence-corrected chi connectivity index (χ0v) is 15.4. The van der Waals surface area contributed by atoms with Crippen molar-refractivity contribution in [2.24, 2.45) is 5.92 Å². The SMILES string of the molecule is COc1ccccc1-c1nn(Cc2ccccc2)cc1C(=O)NCC1CC1. The molecule has 5 nitrogen and oxygen atoms in total. The van der Waals surface area contributed by atoms with Crippen LogP contribution >= 0.6 is 0 Å². The molecular weight excluding hydrogens is 338 g/mol. The van der Waals surface area contributed by atoms with Crippen molar-refractivity contribution < 1.29 is 9.53 Å². The van der Waals surface area contributed by atoms with Gasteiger partial charge >= 0.3 is 0 Å². The van der Waals surface area contributed by atoms with Crippen molar-refractivity contribution in [2.45, 2.75) is 19.4 Å². The van der Waals surface area contributed by atoms with Crippen molar-refractivity contribution in [2.75, 3.05) is 13.7 Å². The number of ether oxygens (including phenoxy) is 1. The number of hydrogen-bond acceptors (Lipinski definition) is 3. The Labute approximate surface area is 159 Å². The minimum atomic E-state index is -0.0814. The topological polar surface area (TPSA) is 56.2 Å². The molecule has 5 heteroatoms. The van der Waals surface area contributed by atoms with Gasteiger partial charge in [0.25, 0.3) is 5.91 Å². The number of rotatable bonds is 7. The van der Waals surface area contributed by atoms with Crippen molar-refractivity contribution in [3.63, 3.8) is 0 Å². The van der Waals surface area contributed by atoms with Crippen LogP contribution < -0.4 is 10.1 Å². The molecule has 0 saturated heterocycles. The number of nitrogens with zero attached hydrogens (tertiary/aromatic N) is 2. The van der Waals surface area contributed by atoms with Gasteiger partial charge in [-0.05, 0) is 36.5 Å². The molecule has 1 heterocycles. The molecule has 0 aliphatic heterocycles. The summed E-state index contributed by atoms with van der Waals surface area (Å²) >= 11 is 0. The van der Waals surface area contributed by atoms with Crippen LogP contribution in [0.25, 0.3) is 11.3 Å². The first-order chi connectivity index (χ1) is 13.2. The van der Waals surface area contributed by atoms with Crippen molar-refractivity contribution in [1.29, 1.82) is 0 Å². The molecule has 0 bridgehead atoms.